The van der Waals surface area contributed by atoms with Gasteiger partial charge in [0.1, 0.15) is 6.10 Å². The molecule has 0 spiro atoms. The summed E-state index contributed by atoms with van der Waals surface area (Å²) in [5.74, 6) is 0.162. The molecule has 0 N–H and O–H groups in total. The quantitative estimate of drug-likeness (QED) is 0.825. The molecule has 2 aliphatic rings. The Morgan fingerprint density at radius 1 is 1.40 bits per heavy atom. The second kappa shape index (κ2) is 7.64. The molecule has 0 bridgehead atoms. The lowest BCUT2D eigenvalue weighted by Crippen LogP contribution is -2.32. The van der Waals surface area contributed by atoms with Gasteiger partial charge in [0, 0.05) is 24.2 Å². The summed E-state index contributed by atoms with van der Waals surface area (Å²) < 4.78 is 11.8. The number of nitrogens with zero attached hydrogens (tertiary/aromatic N) is 2. The van der Waals surface area contributed by atoms with E-state index in [1.54, 1.807) is 17.5 Å². The first-order valence-electron chi connectivity index (χ1n) is 8.77. The van der Waals surface area contributed by atoms with Crippen molar-refractivity contribution >= 4 is 17.2 Å². The van der Waals surface area contributed by atoms with E-state index in [-0.39, 0.29) is 18.1 Å². The number of aromatic nitrogens is 1. The van der Waals surface area contributed by atoms with E-state index >= 15 is 0 Å². The average molecular weight is 358 g/mol. The molecule has 4 rings (SSSR count). The van der Waals surface area contributed by atoms with Crippen molar-refractivity contribution in [2.24, 2.45) is 0 Å². The number of ether oxygens (including phenoxy) is 2. The molecule has 0 unspecified atom stereocenters. The molecule has 1 fully saturated rings. The van der Waals surface area contributed by atoms with E-state index in [0.717, 1.165) is 25.1 Å². The molecule has 2 atom stereocenters. The van der Waals surface area contributed by atoms with Gasteiger partial charge in [-0.25, -0.2) is 0 Å². The topological polar surface area (TPSA) is 51.7 Å². The lowest BCUT2D eigenvalue weighted by Gasteiger charge is -2.25. The first kappa shape index (κ1) is 16.7. The SMILES string of the molecule is O=C(C[C@H]1OCCc2ccsc21)N1CC[C@@H](OCc2ccccn2)C1. The van der Waals surface area contributed by atoms with E-state index in [9.17, 15) is 4.79 Å². The summed E-state index contributed by atoms with van der Waals surface area (Å²) in [4.78, 5) is 20.0. The average Bonchev–Trinajstić information content (AvgIpc) is 3.31. The van der Waals surface area contributed by atoms with Crippen LogP contribution in [0.2, 0.25) is 0 Å². The highest BCUT2D eigenvalue weighted by molar-refractivity contribution is 7.10. The normalized spacial score (nSPS) is 22.8. The van der Waals surface area contributed by atoms with Gasteiger partial charge in [0.25, 0.3) is 0 Å². The fraction of sp³-hybridized carbons (Fsp3) is 0.474. The summed E-state index contributed by atoms with van der Waals surface area (Å²) in [7, 11) is 0. The molecule has 2 aromatic rings. The van der Waals surface area contributed by atoms with Crippen molar-refractivity contribution in [3.8, 4) is 0 Å². The Hall–Kier alpha value is -1.76. The minimum atomic E-state index is -0.0789. The van der Waals surface area contributed by atoms with Crippen LogP contribution in [0, 0.1) is 0 Å². The third kappa shape index (κ3) is 3.92. The maximum absolute atomic E-state index is 12.6. The second-order valence-electron chi connectivity index (χ2n) is 6.51. The lowest BCUT2D eigenvalue weighted by atomic mass is 10.1. The number of hydrogen-bond acceptors (Lipinski definition) is 5. The van der Waals surface area contributed by atoms with Gasteiger partial charge < -0.3 is 14.4 Å². The Labute approximate surface area is 151 Å². The van der Waals surface area contributed by atoms with Gasteiger partial charge in [-0.15, -0.1) is 11.3 Å². The molecule has 25 heavy (non-hydrogen) atoms. The predicted octanol–water partition coefficient (Wildman–Crippen LogP) is 2.96. The number of pyridine rings is 1. The summed E-state index contributed by atoms with van der Waals surface area (Å²) in [5.41, 5.74) is 2.26. The van der Waals surface area contributed by atoms with E-state index in [1.165, 1.54) is 10.4 Å². The fourth-order valence-electron chi connectivity index (χ4n) is 3.44. The number of amides is 1. The number of carbonyl (C=O) groups is 1. The van der Waals surface area contributed by atoms with E-state index in [1.807, 2.05) is 23.1 Å². The summed E-state index contributed by atoms with van der Waals surface area (Å²) >= 11 is 1.70. The van der Waals surface area contributed by atoms with Crippen LogP contribution in [0.25, 0.3) is 0 Å². The Morgan fingerprint density at radius 2 is 2.36 bits per heavy atom. The van der Waals surface area contributed by atoms with E-state index in [4.69, 9.17) is 9.47 Å². The zero-order valence-corrected chi connectivity index (χ0v) is 14.9. The molecule has 2 aromatic heterocycles. The molecule has 2 aliphatic heterocycles. The van der Waals surface area contributed by atoms with Crippen LogP contribution in [0.4, 0.5) is 0 Å². The van der Waals surface area contributed by atoms with Gasteiger partial charge in [-0.2, -0.15) is 0 Å². The van der Waals surface area contributed by atoms with Crippen LogP contribution in [-0.2, 0) is 27.3 Å². The molecule has 1 amide bonds. The number of thiophene rings is 1. The van der Waals surface area contributed by atoms with Gasteiger partial charge in [0.2, 0.25) is 5.91 Å². The zero-order chi connectivity index (χ0) is 17.1. The second-order valence-corrected chi connectivity index (χ2v) is 7.45. The minimum absolute atomic E-state index is 0.0789. The minimum Gasteiger partial charge on any atom is -0.372 e. The van der Waals surface area contributed by atoms with Crippen molar-refractivity contribution in [3.05, 3.63) is 52.0 Å². The molecule has 1 saturated heterocycles. The van der Waals surface area contributed by atoms with Gasteiger partial charge in [0.15, 0.2) is 0 Å². The first-order chi connectivity index (χ1) is 12.3. The summed E-state index contributed by atoms with van der Waals surface area (Å²) in [5, 5.41) is 2.09. The highest BCUT2D eigenvalue weighted by atomic mass is 32.1. The molecule has 0 saturated carbocycles. The maximum atomic E-state index is 12.6. The monoisotopic (exact) mass is 358 g/mol. The number of carbonyl (C=O) groups excluding carboxylic acids is 1. The largest absolute Gasteiger partial charge is 0.372 e. The Kier molecular flexibility index (Phi) is 5.10. The van der Waals surface area contributed by atoms with Crippen LogP contribution in [0.3, 0.4) is 0 Å². The third-order valence-electron chi connectivity index (χ3n) is 4.81. The van der Waals surface area contributed by atoms with Crippen LogP contribution < -0.4 is 0 Å². The molecule has 5 nitrogen and oxygen atoms in total. The van der Waals surface area contributed by atoms with Gasteiger partial charge in [0.05, 0.1) is 31.4 Å². The Balaban J connectivity index is 1.28. The number of fused-ring (bicyclic) bond motifs is 1. The van der Waals surface area contributed by atoms with Crippen molar-refractivity contribution < 1.29 is 14.3 Å². The van der Waals surface area contributed by atoms with Crippen molar-refractivity contribution in [2.45, 2.75) is 38.1 Å². The van der Waals surface area contributed by atoms with Crippen LogP contribution in [0.5, 0.6) is 0 Å². The number of hydrogen-bond donors (Lipinski definition) is 0. The molecular weight excluding hydrogens is 336 g/mol. The maximum Gasteiger partial charge on any atom is 0.225 e. The zero-order valence-electron chi connectivity index (χ0n) is 14.1. The molecule has 0 radical (unpaired) electrons. The fourth-order valence-corrected chi connectivity index (χ4v) is 4.44. The van der Waals surface area contributed by atoms with Crippen molar-refractivity contribution in [1.82, 2.24) is 9.88 Å². The molecular formula is C19H22N2O3S. The highest BCUT2D eigenvalue weighted by Crippen LogP contribution is 2.34. The Morgan fingerprint density at radius 3 is 3.24 bits per heavy atom. The van der Waals surface area contributed by atoms with Gasteiger partial charge in [-0.3, -0.25) is 9.78 Å². The van der Waals surface area contributed by atoms with E-state index in [0.29, 0.717) is 26.2 Å². The molecule has 4 heterocycles. The van der Waals surface area contributed by atoms with Gasteiger partial charge in [-0.05, 0) is 42.0 Å². The first-order valence-corrected chi connectivity index (χ1v) is 9.64. The number of rotatable bonds is 5. The van der Waals surface area contributed by atoms with Gasteiger partial charge in [-0.1, -0.05) is 6.07 Å². The lowest BCUT2D eigenvalue weighted by molar-refractivity contribution is -0.134. The van der Waals surface area contributed by atoms with E-state index < -0.39 is 0 Å². The summed E-state index contributed by atoms with van der Waals surface area (Å²) in [6.07, 6.45) is 4.05. The third-order valence-corrected chi connectivity index (χ3v) is 5.87. The van der Waals surface area contributed by atoms with Crippen molar-refractivity contribution in [2.75, 3.05) is 19.7 Å². The molecule has 0 aliphatic carbocycles. The van der Waals surface area contributed by atoms with E-state index in [2.05, 4.69) is 16.4 Å². The molecule has 0 aromatic carbocycles. The number of likely N-dealkylation sites (tertiary alicyclic amines) is 1. The Bertz CT molecular complexity index is 718. The van der Waals surface area contributed by atoms with Crippen LogP contribution >= 0.6 is 11.3 Å². The summed E-state index contributed by atoms with van der Waals surface area (Å²) in [6, 6.07) is 7.96. The smallest absolute Gasteiger partial charge is 0.225 e. The highest BCUT2D eigenvalue weighted by Gasteiger charge is 2.31. The standard InChI is InChI=1S/C19H22N2O3S/c22-18(11-17-19-14(5-9-23-17)6-10-25-19)21-8-4-16(12-21)24-13-15-3-1-2-7-20-15/h1-3,6-7,10,16-17H,4-5,8-9,11-13H2/t16-,17-/m1/s1. The van der Waals surface area contributed by atoms with Crippen molar-refractivity contribution in [1.29, 1.82) is 0 Å². The van der Waals surface area contributed by atoms with Crippen LogP contribution in [-0.4, -0.2) is 41.6 Å². The van der Waals surface area contributed by atoms with Gasteiger partial charge >= 0.3 is 0 Å². The predicted molar refractivity (Wildman–Crippen MR) is 95.3 cm³/mol. The molecule has 132 valence electrons. The van der Waals surface area contributed by atoms with Crippen molar-refractivity contribution in [3.63, 3.8) is 0 Å². The van der Waals surface area contributed by atoms with Crippen LogP contribution in [0.15, 0.2) is 35.8 Å². The molecule has 6 heteroatoms. The summed E-state index contributed by atoms with van der Waals surface area (Å²) in [6.45, 7) is 2.63. The van der Waals surface area contributed by atoms with Crippen LogP contribution in [0.1, 0.15) is 35.1 Å².